The van der Waals surface area contributed by atoms with Crippen molar-refractivity contribution in [1.29, 1.82) is 0 Å². The van der Waals surface area contributed by atoms with Gasteiger partial charge in [-0.3, -0.25) is 14.3 Å². The normalized spacial score (nSPS) is 14.1. The van der Waals surface area contributed by atoms with Crippen LogP contribution in [0.3, 0.4) is 0 Å². The van der Waals surface area contributed by atoms with E-state index in [0.29, 0.717) is 12.5 Å². The van der Waals surface area contributed by atoms with Gasteiger partial charge in [-0.1, -0.05) is 86.3 Å². The van der Waals surface area contributed by atoms with Gasteiger partial charge in [0, 0.05) is 30.3 Å². The molecule has 176 valence electrons. The second-order valence-corrected chi connectivity index (χ2v) is 11.6. The first-order valence-electron chi connectivity index (χ1n) is 12.1. The molecule has 1 aliphatic heterocycles. The van der Waals surface area contributed by atoms with Crippen LogP contribution in [0.5, 0.6) is 0 Å². The van der Waals surface area contributed by atoms with E-state index in [1.807, 2.05) is 22.8 Å². The van der Waals surface area contributed by atoms with Crippen LogP contribution in [0.15, 0.2) is 70.6 Å². The highest BCUT2D eigenvalue weighted by atomic mass is 32.2. The molecule has 2 aromatic heterocycles. The van der Waals surface area contributed by atoms with Gasteiger partial charge in [0.2, 0.25) is 0 Å². The summed E-state index contributed by atoms with van der Waals surface area (Å²) in [6.07, 6.45) is 2.02. The van der Waals surface area contributed by atoms with Crippen LogP contribution in [0.4, 0.5) is 0 Å². The van der Waals surface area contributed by atoms with Crippen LogP contribution in [0.25, 0.3) is 10.2 Å². The second kappa shape index (κ2) is 10.5. The Kier molecular flexibility index (Phi) is 7.18. The van der Waals surface area contributed by atoms with Gasteiger partial charge in [0.25, 0.3) is 5.56 Å². The van der Waals surface area contributed by atoms with E-state index < -0.39 is 0 Å². The molecule has 0 unspecified atom stereocenters. The third kappa shape index (κ3) is 5.14. The Morgan fingerprint density at radius 1 is 1.00 bits per heavy atom. The number of benzene rings is 2. The Labute approximate surface area is 209 Å². The molecule has 4 aromatic rings. The summed E-state index contributed by atoms with van der Waals surface area (Å²) < 4.78 is 1.91. The molecule has 6 heteroatoms. The molecule has 2 aromatic carbocycles. The first-order valence-corrected chi connectivity index (χ1v) is 13.9. The molecule has 0 N–H and O–H groups in total. The summed E-state index contributed by atoms with van der Waals surface area (Å²) in [5.41, 5.74) is 3.81. The second-order valence-electron chi connectivity index (χ2n) is 9.43. The van der Waals surface area contributed by atoms with Gasteiger partial charge in [0.15, 0.2) is 5.16 Å². The average molecular weight is 490 g/mol. The van der Waals surface area contributed by atoms with Gasteiger partial charge in [-0.05, 0) is 35.4 Å². The van der Waals surface area contributed by atoms with Gasteiger partial charge in [-0.2, -0.15) is 0 Å². The molecule has 0 atom stereocenters. The lowest BCUT2D eigenvalue weighted by Crippen LogP contribution is -2.30. The SMILES string of the molecule is CC(C)CCSc1nc2sc3c(c2c(=O)n1Cc1ccccc1)CCN(Cc1ccccc1)C3. The Balaban J connectivity index is 1.49. The highest BCUT2D eigenvalue weighted by Gasteiger charge is 2.25. The van der Waals surface area contributed by atoms with Crippen molar-refractivity contribution >= 4 is 33.3 Å². The molecule has 0 amide bonds. The van der Waals surface area contributed by atoms with E-state index in [4.69, 9.17) is 4.98 Å². The molecular formula is C28H31N3OS2. The molecule has 0 aliphatic carbocycles. The fourth-order valence-electron chi connectivity index (χ4n) is 4.49. The first-order chi connectivity index (χ1) is 16.6. The Morgan fingerprint density at radius 2 is 1.68 bits per heavy atom. The summed E-state index contributed by atoms with van der Waals surface area (Å²) in [7, 11) is 0. The third-order valence-corrected chi connectivity index (χ3v) is 8.48. The van der Waals surface area contributed by atoms with Crippen LogP contribution < -0.4 is 5.56 Å². The fraction of sp³-hybridized carbons (Fsp3) is 0.357. The van der Waals surface area contributed by atoms with Gasteiger partial charge in [-0.25, -0.2) is 4.98 Å². The number of nitrogens with zero attached hydrogens (tertiary/aromatic N) is 3. The molecule has 0 fully saturated rings. The number of aromatic nitrogens is 2. The first kappa shape index (κ1) is 23.3. The Hall–Kier alpha value is -2.41. The molecule has 34 heavy (non-hydrogen) atoms. The minimum atomic E-state index is 0.120. The van der Waals surface area contributed by atoms with Crippen molar-refractivity contribution in [3.8, 4) is 0 Å². The molecule has 0 saturated heterocycles. The molecule has 1 aliphatic rings. The van der Waals surface area contributed by atoms with E-state index in [0.717, 1.165) is 59.2 Å². The highest BCUT2D eigenvalue weighted by molar-refractivity contribution is 7.99. The quantitative estimate of drug-likeness (QED) is 0.218. The predicted molar refractivity (Wildman–Crippen MR) is 144 cm³/mol. The Bertz CT molecular complexity index is 1310. The summed E-state index contributed by atoms with van der Waals surface area (Å²) in [6.45, 7) is 7.84. The van der Waals surface area contributed by atoms with E-state index in [1.165, 1.54) is 16.0 Å². The van der Waals surface area contributed by atoms with Crippen LogP contribution in [0.2, 0.25) is 0 Å². The minimum absolute atomic E-state index is 0.120. The topological polar surface area (TPSA) is 38.1 Å². The maximum absolute atomic E-state index is 13.9. The molecule has 3 heterocycles. The van der Waals surface area contributed by atoms with Crippen LogP contribution in [-0.4, -0.2) is 26.7 Å². The van der Waals surface area contributed by atoms with Crippen molar-refractivity contribution in [2.45, 2.75) is 51.5 Å². The predicted octanol–water partition coefficient (Wildman–Crippen LogP) is 6.20. The van der Waals surface area contributed by atoms with Gasteiger partial charge in [0.05, 0.1) is 11.9 Å². The lowest BCUT2D eigenvalue weighted by molar-refractivity contribution is 0.249. The molecule has 5 rings (SSSR count). The average Bonchev–Trinajstić information content (AvgIpc) is 3.20. The summed E-state index contributed by atoms with van der Waals surface area (Å²) in [6, 6.07) is 20.9. The van der Waals surface area contributed by atoms with Gasteiger partial charge in [-0.15, -0.1) is 11.3 Å². The number of thiophene rings is 1. The van der Waals surface area contributed by atoms with Crippen LogP contribution in [0, 0.1) is 5.92 Å². The lowest BCUT2D eigenvalue weighted by Gasteiger charge is -2.26. The fourth-order valence-corrected chi connectivity index (χ4v) is 7.03. The summed E-state index contributed by atoms with van der Waals surface area (Å²) in [5, 5.41) is 1.70. The molecule has 0 spiro atoms. The molecule has 0 saturated carbocycles. The molecule has 0 bridgehead atoms. The van der Waals surface area contributed by atoms with Crippen LogP contribution in [-0.2, 0) is 26.1 Å². The minimum Gasteiger partial charge on any atom is -0.294 e. The number of thioether (sulfide) groups is 1. The van der Waals surface area contributed by atoms with Crippen LogP contribution in [0.1, 0.15) is 41.8 Å². The highest BCUT2D eigenvalue weighted by Crippen LogP contribution is 2.34. The third-order valence-electron chi connectivity index (χ3n) is 6.36. The van der Waals surface area contributed by atoms with Crippen molar-refractivity contribution in [3.63, 3.8) is 0 Å². The van der Waals surface area contributed by atoms with Crippen molar-refractivity contribution in [2.24, 2.45) is 5.92 Å². The molecular weight excluding hydrogens is 458 g/mol. The lowest BCUT2D eigenvalue weighted by atomic mass is 10.0. The van der Waals surface area contributed by atoms with Crippen LogP contribution >= 0.6 is 23.1 Å². The van der Waals surface area contributed by atoms with E-state index in [-0.39, 0.29) is 5.56 Å². The van der Waals surface area contributed by atoms with E-state index >= 15 is 0 Å². The zero-order chi connectivity index (χ0) is 23.5. The van der Waals surface area contributed by atoms with E-state index in [9.17, 15) is 4.79 Å². The zero-order valence-electron chi connectivity index (χ0n) is 19.9. The van der Waals surface area contributed by atoms with Gasteiger partial charge < -0.3 is 0 Å². The number of hydrogen-bond donors (Lipinski definition) is 0. The van der Waals surface area contributed by atoms with Crippen molar-refractivity contribution in [1.82, 2.24) is 14.5 Å². The summed E-state index contributed by atoms with van der Waals surface area (Å²) in [4.78, 5) is 23.6. The van der Waals surface area contributed by atoms with Gasteiger partial charge >= 0.3 is 0 Å². The summed E-state index contributed by atoms with van der Waals surface area (Å²) >= 11 is 3.44. The standard InChI is InChI=1S/C28H31N3OS2/c1-20(2)14-16-33-28-29-26-25(27(32)31(28)18-22-11-7-4-8-12-22)23-13-15-30(19-24(23)34-26)17-21-9-5-3-6-10-21/h3-12,20H,13-19H2,1-2H3. The smallest absolute Gasteiger partial charge is 0.263 e. The molecule has 4 nitrogen and oxygen atoms in total. The van der Waals surface area contributed by atoms with Crippen molar-refractivity contribution in [3.05, 3.63) is 92.6 Å². The monoisotopic (exact) mass is 489 g/mol. The maximum Gasteiger partial charge on any atom is 0.263 e. The largest absolute Gasteiger partial charge is 0.294 e. The summed E-state index contributed by atoms with van der Waals surface area (Å²) in [5.74, 6) is 1.61. The van der Waals surface area contributed by atoms with Gasteiger partial charge in [0.1, 0.15) is 4.83 Å². The maximum atomic E-state index is 13.9. The number of hydrogen-bond acceptors (Lipinski definition) is 5. The van der Waals surface area contributed by atoms with Crippen molar-refractivity contribution in [2.75, 3.05) is 12.3 Å². The van der Waals surface area contributed by atoms with Crippen molar-refractivity contribution < 1.29 is 0 Å². The molecule has 0 radical (unpaired) electrons. The zero-order valence-corrected chi connectivity index (χ0v) is 21.5. The van der Waals surface area contributed by atoms with E-state index in [2.05, 4.69) is 61.2 Å². The number of fused-ring (bicyclic) bond motifs is 3. The number of rotatable bonds is 8. The van der Waals surface area contributed by atoms with E-state index in [1.54, 1.807) is 23.1 Å². The Morgan fingerprint density at radius 3 is 2.35 bits per heavy atom.